The molecule has 0 amide bonds. The summed E-state index contributed by atoms with van der Waals surface area (Å²) in [6, 6.07) is 193. The van der Waals surface area contributed by atoms with E-state index in [1.54, 1.807) is 0 Å². The lowest BCUT2D eigenvalue weighted by atomic mass is 9.97. The van der Waals surface area contributed by atoms with Gasteiger partial charge in [-0.25, -0.2) is 59.8 Å². The van der Waals surface area contributed by atoms with Crippen LogP contribution in [-0.2, 0) is 0 Å². The van der Waals surface area contributed by atoms with Gasteiger partial charge in [-0.05, 0) is 189 Å². The van der Waals surface area contributed by atoms with E-state index in [-0.39, 0.29) is 0 Å². The second kappa shape index (κ2) is 42.7. The van der Waals surface area contributed by atoms with E-state index in [1.807, 2.05) is 48.5 Å². The minimum absolute atomic E-state index is 0.575. The average Bonchev–Trinajstić information content (AvgIpc) is 0.790. The number of hydrogen-bond donors (Lipinski definition) is 0. The van der Waals surface area contributed by atoms with E-state index in [9.17, 15) is 0 Å². The highest BCUT2D eigenvalue weighted by molar-refractivity contribution is 5.86. The summed E-state index contributed by atoms with van der Waals surface area (Å²) in [7, 11) is 0. The third-order valence-corrected chi connectivity index (χ3v) is 26.8. The van der Waals surface area contributed by atoms with Gasteiger partial charge < -0.3 is 0 Å². The molecule has 0 fully saturated rings. The fourth-order valence-electron chi connectivity index (χ4n) is 19.0. The molecule has 12 heteroatoms. The van der Waals surface area contributed by atoms with Crippen LogP contribution in [0.1, 0.15) is 0 Å². The van der Waals surface area contributed by atoms with Crippen LogP contribution in [0.15, 0.2) is 558 Å². The summed E-state index contributed by atoms with van der Waals surface area (Å²) >= 11 is 0. The second-order valence-electron chi connectivity index (χ2n) is 36.7. The highest BCUT2D eigenvalue weighted by Crippen LogP contribution is 2.41. The molecule has 0 aliphatic heterocycles. The van der Waals surface area contributed by atoms with Crippen LogP contribution in [0.3, 0.4) is 0 Å². The monoisotopic (exact) mass is 1920 g/mol. The van der Waals surface area contributed by atoms with Crippen LogP contribution in [0, 0.1) is 0 Å². The fourth-order valence-corrected chi connectivity index (χ4v) is 19.0. The third-order valence-electron chi connectivity index (χ3n) is 26.8. The van der Waals surface area contributed by atoms with Gasteiger partial charge >= 0.3 is 0 Å². The summed E-state index contributed by atoms with van der Waals surface area (Å²) in [5.41, 5.74) is 34.8. The van der Waals surface area contributed by atoms with Gasteiger partial charge in [0.1, 0.15) is 0 Å². The Hall–Kier alpha value is -20.3. The maximum atomic E-state index is 5.20. The Morgan fingerprint density at radius 3 is 0.273 bits per heavy atom. The second-order valence-corrected chi connectivity index (χ2v) is 36.7. The van der Waals surface area contributed by atoms with Gasteiger partial charge in [0.15, 0.2) is 69.9 Å². The quantitative estimate of drug-likeness (QED) is 0.0598. The minimum Gasteiger partial charge on any atom is -0.208 e. The van der Waals surface area contributed by atoms with Crippen LogP contribution in [0.4, 0.5) is 0 Å². The maximum absolute atomic E-state index is 5.20. The lowest BCUT2D eigenvalue weighted by Gasteiger charge is -2.12. The predicted molar refractivity (Wildman–Crippen MR) is 611 cm³/mol. The molecule has 150 heavy (non-hydrogen) atoms. The molecule has 12 nitrogen and oxygen atoms in total. The molecule has 0 radical (unpaired) electrons. The zero-order chi connectivity index (χ0) is 100. The fraction of sp³-hybridized carbons (Fsp3) is 0. The van der Waals surface area contributed by atoms with E-state index in [4.69, 9.17) is 59.8 Å². The lowest BCUT2D eigenvalue weighted by Crippen LogP contribution is -2.01. The van der Waals surface area contributed by atoms with E-state index in [1.165, 1.54) is 0 Å². The molecular weight excluding hydrogens is 1830 g/mol. The van der Waals surface area contributed by atoms with E-state index >= 15 is 0 Å². The summed E-state index contributed by atoms with van der Waals surface area (Å²) < 4.78 is 0. The third kappa shape index (κ3) is 20.8. The van der Waals surface area contributed by atoms with Crippen molar-refractivity contribution in [2.45, 2.75) is 0 Å². The summed E-state index contributed by atoms with van der Waals surface area (Å²) in [4.78, 5) is 62.0. The summed E-state index contributed by atoms with van der Waals surface area (Å²) in [5, 5.41) is 0. The maximum Gasteiger partial charge on any atom is 0.164 e. The van der Waals surface area contributed by atoms with Crippen LogP contribution in [-0.4, -0.2) is 59.8 Å². The van der Waals surface area contributed by atoms with Gasteiger partial charge in [0.05, 0.1) is 0 Å². The SMILES string of the molecule is c1ccc(-c2ccc(-c3nc(-c4cccc(-c5ccccc5)c4)nc(-c4cccc(-c5cccc(-c6cccc(-c7nc(-c8cccc(-c9ccccc9)c8)nc(-c8cccc(-c9ccccc9)c8)n7)c6)c5)c4)n3)cc2)cc1.c1ccc(-c2ccc(-c3nc(-c4cccc(-c5ccccc5)c4)nc(-c4cccc(-c5cccc(-c6nc(-c7cccc(-c8ccccc8)c7)nc(-c7cccc(-c8ccccc8)c7)n6)c5)c4)n3)cc2)cc1. The standard InChI is InChI=1S/C72H48N6.C66H44N6/c1-5-19-49(20-6-1)53-39-41-54(42-40-53)67-73-68(62-34-14-27-55(44-62)50-21-7-2-8-22-50)75-69(74-67)65-37-17-32-60(47-65)58-30-13-31-59(43-58)61-33-18-38-66(48-61)72-77-70(63-35-15-28-56(45-63)51-23-9-3-10-24-51)76-71(78-72)64-36-16-29-57(46-64)52-25-11-4-12-26-52;1-5-18-45(19-6-1)49-36-38-50(39-37-49)61-67-62(56-31-13-26-51(40-56)46-20-7-2-8-21-46)69-63(68-61)59-34-16-29-54(43-59)55-30-17-35-60(44-55)66-71-64(57-32-14-27-52(41-57)47-22-9-3-10-23-47)70-65(72-66)58-33-15-28-53(42-58)48-24-11-4-12-25-48/h1-48H;1-44H. The van der Waals surface area contributed by atoms with Crippen LogP contribution in [0.25, 0.3) is 259 Å². The van der Waals surface area contributed by atoms with E-state index in [0.717, 1.165) is 189 Å². The summed E-state index contributed by atoms with van der Waals surface area (Å²) in [5.74, 6) is 7.11. The number of benzene rings is 21. The molecule has 25 rings (SSSR count). The Kier molecular flexibility index (Phi) is 26.2. The molecule has 0 bridgehead atoms. The summed E-state index contributed by atoms with van der Waals surface area (Å²) in [6.07, 6.45) is 0. The van der Waals surface area contributed by atoms with Crippen molar-refractivity contribution in [3.8, 4) is 259 Å². The van der Waals surface area contributed by atoms with Gasteiger partial charge in [0.2, 0.25) is 0 Å². The van der Waals surface area contributed by atoms with E-state index in [0.29, 0.717) is 69.9 Å². The molecule has 0 saturated carbocycles. The van der Waals surface area contributed by atoms with Crippen molar-refractivity contribution < 1.29 is 0 Å². The van der Waals surface area contributed by atoms with Crippen LogP contribution >= 0.6 is 0 Å². The lowest BCUT2D eigenvalue weighted by molar-refractivity contribution is 1.07. The highest BCUT2D eigenvalue weighted by Gasteiger charge is 2.23. The molecule has 0 N–H and O–H groups in total. The largest absolute Gasteiger partial charge is 0.208 e. The van der Waals surface area contributed by atoms with Gasteiger partial charge in [0.25, 0.3) is 0 Å². The van der Waals surface area contributed by atoms with Gasteiger partial charge in [0, 0.05) is 66.8 Å². The molecule has 704 valence electrons. The Balaban J connectivity index is 0.000000160. The van der Waals surface area contributed by atoms with Crippen LogP contribution in [0.2, 0.25) is 0 Å². The van der Waals surface area contributed by atoms with Crippen LogP contribution in [0.5, 0.6) is 0 Å². The van der Waals surface area contributed by atoms with Gasteiger partial charge in [-0.1, -0.05) is 491 Å². The molecule has 0 unspecified atom stereocenters. The summed E-state index contributed by atoms with van der Waals surface area (Å²) in [6.45, 7) is 0. The van der Waals surface area contributed by atoms with Crippen LogP contribution < -0.4 is 0 Å². The van der Waals surface area contributed by atoms with Crippen molar-refractivity contribution in [2.75, 3.05) is 0 Å². The molecule has 25 aromatic rings. The zero-order valence-corrected chi connectivity index (χ0v) is 81.5. The first kappa shape index (κ1) is 92.1. The number of rotatable bonds is 23. The minimum atomic E-state index is 0.575. The van der Waals surface area contributed by atoms with Crippen molar-refractivity contribution in [1.82, 2.24) is 59.8 Å². The van der Waals surface area contributed by atoms with Crippen molar-refractivity contribution in [1.29, 1.82) is 0 Å². The van der Waals surface area contributed by atoms with Gasteiger partial charge in [-0.15, -0.1) is 0 Å². The Morgan fingerprint density at radius 2 is 0.140 bits per heavy atom. The Labute approximate surface area is 870 Å². The first-order chi connectivity index (χ1) is 74.2. The topological polar surface area (TPSA) is 155 Å². The van der Waals surface area contributed by atoms with Crippen molar-refractivity contribution in [3.63, 3.8) is 0 Å². The van der Waals surface area contributed by atoms with E-state index < -0.39 is 0 Å². The normalized spacial score (nSPS) is 11.1. The zero-order valence-electron chi connectivity index (χ0n) is 81.5. The molecule has 0 atom stereocenters. The first-order valence-electron chi connectivity index (χ1n) is 50.1. The van der Waals surface area contributed by atoms with Crippen molar-refractivity contribution in [3.05, 3.63) is 558 Å². The number of nitrogens with zero attached hydrogens (tertiary/aromatic N) is 12. The molecule has 0 aliphatic rings. The average molecular weight is 1920 g/mol. The molecule has 0 saturated heterocycles. The number of hydrogen-bond acceptors (Lipinski definition) is 12. The number of aromatic nitrogens is 12. The smallest absolute Gasteiger partial charge is 0.164 e. The molecular formula is C138H92N12. The molecule has 21 aromatic carbocycles. The highest BCUT2D eigenvalue weighted by atomic mass is 15.1. The van der Waals surface area contributed by atoms with Crippen molar-refractivity contribution >= 4 is 0 Å². The first-order valence-corrected chi connectivity index (χ1v) is 50.1. The van der Waals surface area contributed by atoms with Crippen molar-refractivity contribution in [2.24, 2.45) is 0 Å². The Bertz CT molecular complexity index is 8940. The van der Waals surface area contributed by atoms with Gasteiger partial charge in [-0.3, -0.25) is 0 Å². The molecule has 0 spiro atoms. The molecule has 0 aliphatic carbocycles. The van der Waals surface area contributed by atoms with E-state index in [2.05, 4.69) is 510 Å². The Morgan fingerprint density at radius 1 is 0.0600 bits per heavy atom. The van der Waals surface area contributed by atoms with Gasteiger partial charge in [-0.2, -0.15) is 0 Å². The molecule has 4 heterocycles. The predicted octanol–water partition coefficient (Wildman–Crippen LogP) is 34.5. The molecule has 4 aromatic heterocycles.